The smallest absolute Gasteiger partial charge is 0.150 e. The van der Waals surface area contributed by atoms with Crippen LogP contribution in [-0.4, -0.2) is 19.7 Å². The second-order valence-electron chi connectivity index (χ2n) is 5.70. The SMILES string of the molecule is COc1ccc(C(c2ccccc2C=O)c2ccccc2C=O)cc1. The lowest BCUT2D eigenvalue weighted by Gasteiger charge is -2.22. The maximum atomic E-state index is 11.6. The van der Waals surface area contributed by atoms with Gasteiger partial charge in [-0.05, 0) is 28.8 Å². The minimum absolute atomic E-state index is 0.214. The van der Waals surface area contributed by atoms with E-state index >= 15 is 0 Å². The van der Waals surface area contributed by atoms with Gasteiger partial charge in [0.15, 0.2) is 0 Å². The summed E-state index contributed by atoms with van der Waals surface area (Å²) in [6.45, 7) is 0. The van der Waals surface area contributed by atoms with Gasteiger partial charge in [-0.25, -0.2) is 0 Å². The summed E-state index contributed by atoms with van der Waals surface area (Å²) in [7, 11) is 1.62. The molecule has 0 aliphatic rings. The first-order chi connectivity index (χ1) is 12.3. The Bertz CT molecular complexity index is 830. The fourth-order valence-electron chi connectivity index (χ4n) is 3.09. The molecule has 0 atom stereocenters. The minimum Gasteiger partial charge on any atom is -0.497 e. The first-order valence-corrected chi connectivity index (χ1v) is 8.00. The normalized spacial score (nSPS) is 10.5. The molecule has 0 bridgehead atoms. The third kappa shape index (κ3) is 3.36. The third-order valence-electron chi connectivity index (χ3n) is 4.32. The Kier molecular flexibility index (Phi) is 5.05. The van der Waals surface area contributed by atoms with Gasteiger partial charge in [-0.2, -0.15) is 0 Å². The highest BCUT2D eigenvalue weighted by Crippen LogP contribution is 2.35. The van der Waals surface area contributed by atoms with Gasteiger partial charge in [0.2, 0.25) is 0 Å². The lowest BCUT2D eigenvalue weighted by Crippen LogP contribution is -2.09. The van der Waals surface area contributed by atoms with Crippen molar-refractivity contribution in [3.05, 3.63) is 101 Å². The standard InChI is InChI=1S/C22H18O3/c1-25-19-12-10-16(11-13-19)22(20-8-4-2-6-17(20)14-23)21-9-5-3-7-18(21)15-24/h2-15,22H,1H3. The van der Waals surface area contributed by atoms with E-state index in [2.05, 4.69) is 0 Å². The van der Waals surface area contributed by atoms with Crippen molar-refractivity contribution in [3.63, 3.8) is 0 Å². The molecule has 3 rings (SSSR count). The van der Waals surface area contributed by atoms with Gasteiger partial charge in [-0.1, -0.05) is 60.7 Å². The van der Waals surface area contributed by atoms with Crippen LogP contribution in [0.4, 0.5) is 0 Å². The van der Waals surface area contributed by atoms with Crippen LogP contribution < -0.4 is 4.74 Å². The van der Waals surface area contributed by atoms with Crippen molar-refractivity contribution in [3.8, 4) is 5.75 Å². The molecule has 3 heteroatoms. The Hall–Kier alpha value is -3.20. The van der Waals surface area contributed by atoms with Gasteiger partial charge < -0.3 is 4.74 Å². The summed E-state index contributed by atoms with van der Waals surface area (Å²) in [5.74, 6) is 0.545. The number of carbonyl (C=O) groups is 2. The molecule has 0 heterocycles. The molecule has 0 aromatic heterocycles. The van der Waals surface area contributed by atoms with Crippen LogP contribution in [0.25, 0.3) is 0 Å². The molecule has 0 saturated heterocycles. The van der Waals surface area contributed by atoms with Gasteiger partial charge in [0.05, 0.1) is 7.11 Å². The topological polar surface area (TPSA) is 43.4 Å². The molecular formula is C22H18O3. The fourth-order valence-corrected chi connectivity index (χ4v) is 3.09. The van der Waals surface area contributed by atoms with Gasteiger partial charge in [0.25, 0.3) is 0 Å². The van der Waals surface area contributed by atoms with Gasteiger partial charge in [0, 0.05) is 17.0 Å². The van der Waals surface area contributed by atoms with Crippen LogP contribution in [0.3, 0.4) is 0 Å². The third-order valence-corrected chi connectivity index (χ3v) is 4.32. The van der Waals surface area contributed by atoms with E-state index in [1.807, 2.05) is 60.7 Å². The highest BCUT2D eigenvalue weighted by Gasteiger charge is 2.22. The predicted octanol–water partition coefficient (Wildman–Crippen LogP) is 4.50. The number of rotatable bonds is 6. The molecule has 0 unspecified atom stereocenters. The summed E-state index contributed by atoms with van der Waals surface area (Å²) >= 11 is 0. The molecule has 25 heavy (non-hydrogen) atoms. The minimum atomic E-state index is -0.214. The molecule has 3 nitrogen and oxygen atoms in total. The van der Waals surface area contributed by atoms with E-state index in [0.717, 1.165) is 35.0 Å². The van der Waals surface area contributed by atoms with Crippen LogP contribution in [0, 0.1) is 0 Å². The first kappa shape index (κ1) is 16.7. The molecule has 0 spiro atoms. The molecular weight excluding hydrogens is 312 g/mol. The van der Waals surface area contributed by atoms with Crippen LogP contribution in [0.15, 0.2) is 72.8 Å². The quantitative estimate of drug-likeness (QED) is 0.494. The average molecular weight is 330 g/mol. The number of benzene rings is 3. The monoisotopic (exact) mass is 330 g/mol. The number of methoxy groups -OCH3 is 1. The zero-order valence-electron chi connectivity index (χ0n) is 13.9. The van der Waals surface area contributed by atoms with Crippen molar-refractivity contribution in [2.45, 2.75) is 5.92 Å². The van der Waals surface area contributed by atoms with Crippen molar-refractivity contribution in [2.24, 2.45) is 0 Å². The predicted molar refractivity (Wildman–Crippen MR) is 97.6 cm³/mol. The van der Waals surface area contributed by atoms with E-state index in [1.165, 1.54) is 0 Å². The maximum absolute atomic E-state index is 11.6. The summed E-state index contributed by atoms with van der Waals surface area (Å²) in [5, 5.41) is 0. The largest absolute Gasteiger partial charge is 0.497 e. The van der Waals surface area contributed by atoms with Crippen molar-refractivity contribution in [1.82, 2.24) is 0 Å². The van der Waals surface area contributed by atoms with Crippen molar-refractivity contribution < 1.29 is 14.3 Å². The second-order valence-corrected chi connectivity index (χ2v) is 5.70. The fraction of sp³-hybridized carbons (Fsp3) is 0.0909. The lowest BCUT2D eigenvalue weighted by molar-refractivity contribution is 0.111. The molecule has 0 aliphatic carbocycles. The van der Waals surface area contributed by atoms with E-state index in [-0.39, 0.29) is 5.92 Å². The maximum Gasteiger partial charge on any atom is 0.150 e. The van der Waals surface area contributed by atoms with Crippen LogP contribution >= 0.6 is 0 Å². The number of ether oxygens (including phenoxy) is 1. The van der Waals surface area contributed by atoms with Crippen molar-refractivity contribution >= 4 is 12.6 Å². The number of hydrogen-bond donors (Lipinski definition) is 0. The zero-order valence-corrected chi connectivity index (χ0v) is 13.9. The van der Waals surface area contributed by atoms with E-state index in [9.17, 15) is 9.59 Å². The van der Waals surface area contributed by atoms with E-state index in [1.54, 1.807) is 19.2 Å². The summed E-state index contributed by atoms with van der Waals surface area (Å²) in [6.07, 6.45) is 1.71. The molecule has 0 radical (unpaired) electrons. The Morgan fingerprint density at radius 1 is 0.720 bits per heavy atom. The molecule has 3 aromatic carbocycles. The molecule has 124 valence electrons. The zero-order chi connectivity index (χ0) is 17.6. The Balaban J connectivity index is 2.24. The molecule has 0 aliphatic heterocycles. The number of aldehydes is 2. The van der Waals surface area contributed by atoms with Gasteiger partial charge in [0.1, 0.15) is 18.3 Å². The highest BCUT2D eigenvalue weighted by atomic mass is 16.5. The summed E-state index contributed by atoms with van der Waals surface area (Å²) < 4.78 is 5.24. The Morgan fingerprint density at radius 2 is 1.20 bits per heavy atom. The number of hydrogen-bond acceptors (Lipinski definition) is 3. The molecule has 0 fully saturated rings. The van der Waals surface area contributed by atoms with Gasteiger partial charge in [-0.15, -0.1) is 0 Å². The van der Waals surface area contributed by atoms with Crippen molar-refractivity contribution in [1.29, 1.82) is 0 Å². The second kappa shape index (κ2) is 7.58. The van der Waals surface area contributed by atoms with E-state index in [0.29, 0.717) is 11.1 Å². The molecule has 0 N–H and O–H groups in total. The summed E-state index contributed by atoms with van der Waals surface area (Å²) in [5.41, 5.74) is 3.96. The Labute approximate surface area is 146 Å². The van der Waals surface area contributed by atoms with Crippen LogP contribution in [0.2, 0.25) is 0 Å². The molecule has 0 saturated carbocycles. The number of carbonyl (C=O) groups excluding carboxylic acids is 2. The molecule has 3 aromatic rings. The van der Waals surface area contributed by atoms with Crippen LogP contribution in [0.1, 0.15) is 43.3 Å². The lowest BCUT2D eigenvalue weighted by atomic mass is 9.81. The average Bonchev–Trinajstić information content (AvgIpc) is 2.69. The van der Waals surface area contributed by atoms with Crippen molar-refractivity contribution in [2.75, 3.05) is 7.11 Å². The molecule has 0 amide bonds. The van der Waals surface area contributed by atoms with Gasteiger partial charge in [-0.3, -0.25) is 9.59 Å². The summed E-state index contributed by atoms with van der Waals surface area (Å²) in [4.78, 5) is 23.1. The Morgan fingerprint density at radius 3 is 1.64 bits per heavy atom. The van der Waals surface area contributed by atoms with Gasteiger partial charge >= 0.3 is 0 Å². The van der Waals surface area contributed by atoms with Crippen LogP contribution in [-0.2, 0) is 0 Å². The highest BCUT2D eigenvalue weighted by molar-refractivity contribution is 5.81. The first-order valence-electron chi connectivity index (χ1n) is 8.00. The summed E-state index contributed by atoms with van der Waals surface area (Å²) in [6, 6.07) is 22.6. The van der Waals surface area contributed by atoms with E-state index < -0.39 is 0 Å². The van der Waals surface area contributed by atoms with E-state index in [4.69, 9.17) is 4.74 Å². The van der Waals surface area contributed by atoms with Crippen LogP contribution in [0.5, 0.6) is 5.75 Å².